The highest BCUT2D eigenvalue weighted by Crippen LogP contribution is 2.42. The van der Waals surface area contributed by atoms with Crippen LogP contribution >= 0.6 is 0 Å². The topological polar surface area (TPSA) is 21.7 Å². The highest BCUT2D eigenvalue weighted by atomic mass is 28.4. The van der Waals surface area contributed by atoms with E-state index in [-0.39, 0.29) is 17.4 Å². The van der Waals surface area contributed by atoms with Crippen molar-refractivity contribution in [3.05, 3.63) is 71.8 Å². The van der Waals surface area contributed by atoms with Gasteiger partial charge in [0.1, 0.15) is 0 Å². The zero-order valence-electron chi connectivity index (χ0n) is 16.6. The fourth-order valence-electron chi connectivity index (χ4n) is 3.03. The van der Waals surface area contributed by atoms with Crippen molar-refractivity contribution in [3.63, 3.8) is 0 Å². The van der Waals surface area contributed by atoms with Crippen molar-refractivity contribution >= 4 is 8.32 Å². The van der Waals surface area contributed by atoms with Crippen molar-refractivity contribution in [1.82, 2.24) is 5.06 Å². The molecule has 0 bridgehead atoms. The van der Waals surface area contributed by atoms with Crippen molar-refractivity contribution in [3.8, 4) is 0 Å². The summed E-state index contributed by atoms with van der Waals surface area (Å²) in [7, 11) is -1.87. The van der Waals surface area contributed by atoms with Crippen molar-refractivity contribution in [2.45, 2.75) is 64.2 Å². The minimum atomic E-state index is -1.87. The molecule has 26 heavy (non-hydrogen) atoms. The van der Waals surface area contributed by atoms with E-state index in [1.807, 2.05) is 6.07 Å². The maximum atomic E-state index is 6.56. The average molecular weight is 370 g/mol. The van der Waals surface area contributed by atoms with Crippen LogP contribution in [0.3, 0.4) is 0 Å². The summed E-state index contributed by atoms with van der Waals surface area (Å²) < 4.78 is 6.56. The lowest BCUT2D eigenvalue weighted by atomic mass is 10.0. The Kier molecular flexibility index (Phi) is 5.68. The van der Waals surface area contributed by atoms with Gasteiger partial charge in [-0.2, -0.15) is 5.06 Å². The SMILES string of the molecule is CC(C)(C)[Si](C)(C)O[C@@H]1C[C@H](c2ccccc2)N(Cc2ccccc2)O1. The second kappa shape index (κ2) is 7.65. The average Bonchev–Trinajstić information content (AvgIpc) is 2.97. The van der Waals surface area contributed by atoms with Crippen LogP contribution in [0.15, 0.2) is 60.7 Å². The van der Waals surface area contributed by atoms with Gasteiger partial charge < -0.3 is 4.43 Å². The largest absolute Gasteiger partial charge is 0.391 e. The molecule has 0 aliphatic carbocycles. The molecular weight excluding hydrogens is 338 g/mol. The molecule has 2 aromatic carbocycles. The molecule has 1 saturated heterocycles. The Balaban J connectivity index is 1.79. The Labute approximate surface area is 159 Å². The van der Waals surface area contributed by atoms with Gasteiger partial charge in [-0.1, -0.05) is 81.4 Å². The fourth-order valence-corrected chi connectivity index (χ4v) is 4.18. The van der Waals surface area contributed by atoms with E-state index in [0.29, 0.717) is 0 Å². The number of nitrogens with zero attached hydrogens (tertiary/aromatic N) is 1. The van der Waals surface area contributed by atoms with E-state index in [1.54, 1.807) is 0 Å². The maximum Gasteiger partial charge on any atom is 0.195 e. The van der Waals surface area contributed by atoms with Gasteiger partial charge in [0.15, 0.2) is 14.6 Å². The number of hydrogen-bond donors (Lipinski definition) is 0. The molecule has 3 nitrogen and oxygen atoms in total. The van der Waals surface area contributed by atoms with Crippen LogP contribution in [-0.2, 0) is 15.8 Å². The number of benzene rings is 2. The van der Waals surface area contributed by atoms with Gasteiger partial charge in [-0.3, -0.25) is 4.84 Å². The van der Waals surface area contributed by atoms with Crippen molar-refractivity contribution in [1.29, 1.82) is 0 Å². The van der Waals surface area contributed by atoms with E-state index >= 15 is 0 Å². The smallest absolute Gasteiger partial charge is 0.195 e. The molecule has 0 amide bonds. The van der Waals surface area contributed by atoms with E-state index in [0.717, 1.165) is 13.0 Å². The molecule has 0 spiro atoms. The molecule has 0 unspecified atom stereocenters. The number of hydrogen-bond acceptors (Lipinski definition) is 3. The first kappa shape index (κ1) is 19.3. The summed E-state index contributed by atoms with van der Waals surface area (Å²) in [5.41, 5.74) is 2.53. The molecule has 2 atom stereocenters. The van der Waals surface area contributed by atoms with Gasteiger partial charge in [-0.05, 0) is 29.3 Å². The summed E-state index contributed by atoms with van der Waals surface area (Å²) in [4.78, 5) is 6.31. The standard InChI is InChI=1S/C22H31NO2Si/c1-22(2,3)26(4,5)25-21-16-20(19-14-10-7-11-15-19)23(24-21)17-18-12-8-6-9-13-18/h6-15,20-21H,16-17H2,1-5H3/t20-,21-/m1/s1. The van der Waals surface area contributed by atoms with E-state index in [9.17, 15) is 0 Å². The van der Waals surface area contributed by atoms with Crippen LogP contribution in [0.5, 0.6) is 0 Å². The second-order valence-electron chi connectivity index (χ2n) is 8.64. The van der Waals surface area contributed by atoms with Gasteiger partial charge in [0.25, 0.3) is 0 Å². The normalized spacial score (nSPS) is 21.9. The van der Waals surface area contributed by atoms with Crippen molar-refractivity contribution in [2.24, 2.45) is 0 Å². The highest BCUT2D eigenvalue weighted by Gasteiger charge is 2.43. The first-order chi connectivity index (χ1) is 12.3. The van der Waals surface area contributed by atoms with Crippen LogP contribution < -0.4 is 0 Å². The summed E-state index contributed by atoms with van der Waals surface area (Å²) in [5.74, 6) is 0. The summed E-state index contributed by atoms with van der Waals surface area (Å²) >= 11 is 0. The molecule has 0 N–H and O–H groups in total. The Morgan fingerprint density at radius 2 is 1.58 bits per heavy atom. The van der Waals surface area contributed by atoms with E-state index in [4.69, 9.17) is 9.26 Å². The van der Waals surface area contributed by atoms with Gasteiger partial charge in [0, 0.05) is 13.0 Å². The molecule has 2 aromatic rings. The van der Waals surface area contributed by atoms with Crippen LogP contribution in [0, 0.1) is 0 Å². The summed E-state index contributed by atoms with van der Waals surface area (Å²) in [6.45, 7) is 12.1. The summed E-state index contributed by atoms with van der Waals surface area (Å²) in [6.07, 6.45) is 0.688. The van der Waals surface area contributed by atoms with Crippen LogP contribution in [0.4, 0.5) is 0 Å². The maximum absolute atomic E-state index is 6.56. The lowest BCUT2D eigenvalue weighted by Crippen LogP contribution is -2.44. The third-order valence-electron chi connectivity index (χ3n) is 5.61. The predicted molar refractivity (Wildman–Crippen MR) is 109 cm³/mol. The first-order valence-electron chi connectivity index (χ1n) is 9.46. The molecule has 0 aromatic heterocycles. The zero-order chi connectivity index (χ0) is 18.8. The van der Waals surface area contributed by atoms with Crippen molar-refractivity contribution < 1.29 is 9.26 Å². The van der Waals surface area contributed by atoms with Crippen LogP contribution in [-0.4, -0.2) is 19.7 Å². The number of hydroxylamine groups is 2. The fraction of sp³-hybridized carbons (Fsp3) is 0.455. The molecule has 0 saturated carbocycles. The van der Waals surface area contributed by atoms with Crippen molar-refractivity contribution in [2.75, 3.05) is 0 Å². The van der Waals surface area contributed by atoms with E-state index in [2.05, 4.69) is 93.5 Å². The molecule has 140 valence electrons. The minimum absolute atomic E-state index is 0.172. The minimum Gasteiger partial charge on any atom is -0.391 e. The Morgan fingerprint density at radius 1 is 1.00 bits per heavy atom. The predicted octanol–water partition coefficient (Wildman–Crippen LogP) is 5.91. The lowest BCUT2D eigenvalue weighted by molar-refractivity contribution is -0.222. The van der Waals surface area contributed by atoms with Crippen LogP contribution in [0.25, 0.3) is 0 Å². The molecule has 1 heterocycles. The zero-order valence-corrected chi connectivity index (χ0v) is 17.6. The first-order valence-corrected chi connectivity index (χ1v) is 12.4. The van der Waals surface area contributed by atoms with Gasteiger partial charge in [0.05, 0.1) is 6.04 Å². The monoisotopic (exact) mass is 369 g/mol. The molecule has 1 fully saturated rings. The Hall–Kier alpha value is -1.46. The van der Waals surface area contributed by atoms with Gasteiger partial charge in [-0.15, -0.1) is 0 Å². The summed E-state index contributed by atoms with van der Waals surface area (Å²) in [6, 6.07) is 21.3. The molecule has 1 aliphatic rings. The van der Waals surface area contributed by atoms with Gasteiger partial charge in [-0.25, -0.2) is 0 Å². The molecule has 1 aliphatic heterocycles. The molecule has 3 rings (SSSR count). The van der Waals surface area contributed by atoms with E-state index < -0.39 is 8.32 Å². The molecule has 4 heteroatoms. The number of rotatable bonds is 5. The summed E-state index contributed by atoms with van der Waals surface area (Å²) in [5, 5.41) is 2.27. The quantitative estimate of drug-likeness (QED) is 0.611. The van der Waals surface area contributed by atoms with E-state index in [1.165, 1.54) is 11.1 Å². The van der Waals surface area contributed by atoms with Gasteiger partial charge >= 0.3 is 0 Å². The third-order valence-corrected chi connectivity index (χ3v) is 10.1. The molecular formula is C22H31NO2Si. The Morgan fingerprint density at radius 3 is 2.15 bits per heavy atom. The Bertz CT molecular complexity index is 697. The molecule has 0 radical (unpaired) electrons. The second-order valence-corrected chi connectivity index (χ2v) is 13.4. The lowest BCUT2D eigenvalue weighted by Gasteiger charge is -2.37. The van der Waals surface area contributed by atoms with Crippen LogP contribution in [0.1, 0.15) is 44.4 Å². The van der Waals surface area contributed by atoms with Gasteiger partial charge in [0.2, 0.25) is 0 Å². The highest BCUT2D eigenvalue weighted by molar-refractivity contribution is 6.74. The van der Waals surface area contributed by atoms with Crippen LogP contribution in [0.2, 0.25) is 18.1 Å². The third kappa shape index (κ3) is 4.44.